The fraction of sp³-hybridized carbons (Fsp3) is 0.533. The average molecular weight is 262 g/mol. The molecule has 0 aliphatic heterocycles. The van der Waals surface area contributed by atoms with Gasteiger partial charge in [0.25, 0.3) is 0 Å². The quantitative estimate of drug-likeness (QED) is 0.910. The summed E-state index contributed by atoms with van der Waals surface area (Å²) in [6.45, 7) is 0. The summed E-state index contributed by atoms with van der Waals surface area (Å²) >= 11 is 0. The molecule has 4 heteroatoms. The van der Waals surface area contributed by atoms with Crippen molar-refractivity contribution in [2.45, 2.75) is 31.2 Å². The molecular weight excluding hydrogens is 240 g/mol. The molecule has 1 aromatic rings. The Labute approximate surface area is 114 Å². The number of methoxy groups -OCH3 is 1. The van der Waals surface area contributed by atoms with Gasteiger partial charge in [-0.3, -0.25) is 0 Å². The molecule has 0 radical (unpaired) electrons. The number of rotatable bonds is 3. The van der Waals surface area contributed by atoms with Crippen LogP contribution >= 0.6 is 0 Å². The van der Waals surface area contributed by atoms with Crippen LogP contribution in [-0.2, 0) is 5.54 Å². The minimum Gasteiger partial charge on any atom is -0.497 e. The monoisotopic (exact) mass is 262 g/mol. The smallest absolute Gasteiger partial charge is 0.317 e. The van der Waals surface area contributed by atoms with Gasteiger partial charge in [-0.1, -0.05) is 25.0 Å². The molecule has 0 bridgehead atoms. The number of carbonyl (C=O) groups is 1. The largest absolute Gasteiger partial charge is 0.497 e. The third-order valence-electron chi connectivity index (χ3n) is 3.83. The Balaban J connectivity index is 2.30. The van der Waals surface area contributed by atoms with Gasteiger partial charge in [0.1, 0.15) is 5.75 Å². The molecular formula is C15H22N2O2. The summed E-state index contributed by atoms with van der Waals surface area (Å²) in [5, 5.41) is 3.19. The second-order valence-corrected chi connectivity index (χ2v) is 5.35. The van der Waals surface area contributed by atoms with Gasteiger partial charge in [-0.2, -0.15) is 0 Å². The maximum atomic E-state index is 12.0. The van der Waals surface area contributed by atoms with E-state index in [-0.39, 0.29) is 11.6 Å². The lowest BCUT2D eigenvalue weighted by molar-refractivity contribution is 0.200. The molecule has 0 heterocycles. The minimum atomic E-state index is -0.240. The fourth-order valence-electron chi connectivity index (χ4n) is 2.70. The van der Waals surface area contributed by atoms with Crippen molar-refractivity contribution in [3.05, 3.63) is 29.8 Å². The summed E-state index contributed by atoms with van der Waals surface area (Å²) in [7, 11) is 5.20. The van der Waals surface area contributed by atoms with Crippen LogP contribution in [0.5, 0.6) is 5.75 Å². The van der Waals surface area contributed by atoms with Crippen molar-refractivity contribution in [3.8, 4) is 5.75 Å². The molecule has 0 saturated heterocycles. The first-order chi connectivity index (χ1) is 9.07. The van der Waals surface area contributed by atoms with E-state index in [2.05, 4.69) is 11.4 Å². The number of urea groups is 1. The highest BCUT2D eigenvalue weighted by atomic mass is 16.5. The summed E-state index contributed by atoms with van der Waals surface area (Å²) in [6.07, 6.45) is 4.26. The van der Waals surface area contributed by atoms with Gasteiger partial charge >= 0.3 is 6.03 Å². The topological polar surface area (TPSA) is 41.6 Å². The van der Waals surface area contributed by atoms with E-state index in [0.717, 1.165) is 37.0 Å². The van der Waals surface area contributed by atoms with Crippen LogP contribution in [0.25, 0.3) is 0 Å². The third-order valence-corrected chi connectivity index (χ3v) is 3.83. The molecule has 1 aliphatic carbocycles. The van der Waals surface area contributed by atoms with Crippen molar-refractivity contribution in [1.82, 2.24) is 10.2 Å². The van der Waals surface area contributed by atoms with E-state index in [1.54, 1.807) is 26.1 Å². The Morgan fingerprint density at radius 2 is 2.00 bits per heavy atom. The zero-order valence-electron chi connectivity index (χ0n) is 11.9. The van der Waals surface area contributed by atoms with Crippen molar-refractivity contribution in [3.63, 3.8) is 0 Å². The zero-order chi connectivity index (χ0) is 13.9. The molecule has 19 heavy (non-hydrogen) atoms. The van der Waals surface area contributed by atoms with E-state index in [1.165, 1.54) is 0 Å². The Hall–Kier alpha value is -1.71. The van der Waals surface area contributed by atoms with Crippen LogP contribution in [0.1, 0.15) is 31.2 Å². The van der Waals surface area contributed by atoms with E-state index in [1.807, 2.05) is 18.2 Å². The molecule has 2 rings (SSSR count). The molecule has 104 valence electrons. The molecule has 2 amide bonds. The highest BCUT2D eigenvalue weighted by Crippen LogP contribution is 2.39. The predicted octanol–water partition coefficient (Wildman–Crippen LogP) is 2.74. The lowest BCUT2D eigenvalue weighted by Gasteiger charge is -2.32. The number of nitrogens with zero attached hydrogens (tertiary/aromatic N) is 1. The van der Waals surface area contributed by atoms with Crippen LogP contribution in [-0.4, -0.2) is 32.1 Å². The lowest BCUT2D eigenvalue weighted by Crippen LogP contribution is -2.48. The third kappa shape index (κ3) is 2.83. The molecule has 0 atom stereocenters. The Morgan fingerprint density at radius 3 is 2.58 bits per heavy atom. The van der Waals surface area contributed by atoms with E-state index < -0.39 is 0 Å². The van der Waals surface area contributed by atoms with E-state index in [0.29, 0.717) is 0 Å². The second-order valence-electron chi connectivity index (χ2n) is 5.35. The number of nitrogens with one attached hydrogen (secondary N) is 1. The van der Waals surface area contributed by atoms with Gasteiger partial charge in [0, 0.05) is 14.1 Å². The maximum Gasteiger partial charge on any atom is 0.317 e. The van der Waals surface area contributed by atoms with Gasteiger partial charge in [0.2, 0.25) is 0 Å². The van der Waals surface area contributed by atoms with Crippen LogP contribution in [0.3, 0.4) is 0 Å². The molecule has 4 nitrogen and oxygen atoms in total. The summed E-state index contributed by atoms with van der Waals surface area (Å²) in [5.74, 6) is 0.836. The highest BCUT2D eigenvalue weighted by molar-refractivity contribution is 5.74. The second kappa shape index (κ2) is 5.51. The van der Waals surface area contributed by atoms with Crippen LogP contribution in [0.15, 0.2) is 24.3 Å². The molecule has 1 aromatic carbocycles. The molecule has 1 fully saturated rings. The molecule has 0 unspecified atom stereocenters. The highest BCUT2D eigenvalue weighted by Gasteiger charge is 2.37. The molecule has 0 aromatic heterocycles. The van der Waals surface area contributed by atoms with E-state index >= 15 is 0 Å². The standard InChI is InChI=1S/C15H22N2O2/c1-17(2)14(18)16-15(9-4-5-10-15)12-7-6-8-13(11-12)19-3/h6-8,11H,4-5,9-10H2,1-3H3,(H,16,18). The summed E-state index contributed by atoms with van der Waals surface area (Å²) in [4.78, 5) is 13.6. The van der Waals surface area contributed by atoms with Gasteiger partial charge in [-0.05, 0) is 30.5 Å². The van der Waals surface area contributed by atoms with Gasteiger partial charge in [-0.25, -0.2) is 4.79 Å². The number of hydrogen-bond acceptors (Lipinski definition) is 2. The minimum absolute atomic E-state index is 0.0373. The SMILES string of the molecule is COc1cccc(C2(NC(=O)N(C)C)CCCC2)c1. The summed E-state index contributed by atoms with van der Waals surface area (Å²) < 4.78 is 5.29. The first-order valence-electron chi connectivity index (χ1n) is 6.71. The number of hydrogen-bond donors (Lipinski definition) is 1. The van der Waals surface area contributed by atoms with Crippen molar-refractivity contribution < 1.29 is 9.53 Å². The van der Waals surface area contributed by atoms with E-state index in [9.17, 15) is 4.79 Å². The Kier molecular flexibility index (Phi) is 3.98. The molecule has 0 spiro atoms. The van der Waals surface area contributed by atoms with Crippen molar-refractivity contribution in [2.75, 3.05) is 21.2 Å². The lowest BCUT2D eigenvalue weighted by atomic mass is 9.88. The molecule has 1 saturated carbocycles. The first-order valence-corrected chi connectivity index (χ1v) is 6.71. The molecule has 1 N–H and O–H groups in total. The average Bonchev–Trinajstić information content (AvgIpc) is 2.88. The zero-order valence-corrected chi connectivity index (χ0v) is 11.9. The van der Waals surface area contributed by atoms with Gasteiger partial charge in [0.05, 0.1) is 12.6 Å². The van der Waals surface area contributed by atoms with E-state index in [4.69, 9.17) is 4.74 Å². The predicted molar refractivity (Wildman–Crippen MR) is 75.4 cm³/mol. The van der Waals surface area contributed by atoms with Crippen LogP contribution in [0.4, 0.5) is 4.79 Å². The fourth-order valence-corrected chi connectivity index (χ4v) is 2.70. The van der Waals surface area contributed by atoms with Gasteiger partial charge < -0.3 is 15.0 Å². The number of benzene rings is 1. The van der Waals surface area contributed by atoms with Crippen molar-refractivity contribution in [2.24, 2.45) is 0 Å². The Bertz CT molecular complexity index is 451. The number of carbonyl (C=O) groups excluding carboxylic acids is 1. The van der Waals surface area contributed by atoms with Crippen molar-refractivity contribution in [1.29, 1.82) is 0 Å². The van der Waals surface area contributed by atoms with Crippen LogP contribution in [0, 0.1) is 0 Å². The number of amides is 2. The maximum absolute atomic E-state index is 12.0. The summed E-state index contributed by atoms with van der Waals surface area (Å²) in [5.41, 5.74) is 0.898. The number of ether oxygens (including phenoxy) is 1. The Morgan fingerprint density at radius 1 is 1.32 bits per heavy atom. The summed E-state index contributed by atoms with van der Waals surface area (Å²) in [6, 6.07) is 7.98. The first kappa shape index (κ1) is 13.7. The van der Waals surface area contributed by atoms with Crippen LogP contribution in [0.2, 0.25) is 0 Å². The van der Waals surface area contributed by atoms with Crippen molar-refractivity contribution >= 4 is 6.03 Å². The van der Waals surface area contributed by atoms with Gasteiger partial charge in [-0.15, -0.1) is 0 Å². The normalized spacial score (nSPS) is 17.0. The van der Waals surface area contributed by atoms with Crippen LogP contribution < -0.4 is 10.1 Å². The molecule has 1 aliphatic rings. The van der Waals surface area contributed by atoms with Gasteiger partial charge in [0.15, 0.2) is 0 Å².